The molecule has 0 aliphatic rings. The molecule has 3 N–H and O–H groups in total. The van der Waals surface area contributed by atoms with E-state index in [9.17, 15) is 18.0 Å². The van der Waals surface area contributed by atoms with Crippen LogP contribution in [-0.4, -0.2) is 30.7 Å². The number of carbonyl (C=O) groups excluding carboxylic acids is 1. The number of carboxylic acid groups (broad SMARTS) is 1. The minimum absolute atomic E-state index is 0.201. The zero-order chi connectivity index (χ0) is 14.1. The molecule has 0 radical (unpaired) electrons. The van der Waals surface area contributed by atoms with Gasteiger partial charge in [-0.1, -0.05) is 0 Å². The smallest absolute Gasteiger partial charge is 0.336 e. The molecule has 0 heterocycles. The Hall–Kier alpha value is -1.41. The third-order valence-electron chi connectivity index (χ3n) is 2.36. The second-order valence-electron chi connectivity index (χ2n) is 3.54. The number of carboxylic acids is 1. The van der Waals surface area contributed by atoms with Crippen molar-refractivity contribution in [3.8, 4) is 0 Å². The lowest BCUT2D eigenvalue weighted by atomic mass is 10.2. The fraction of sp³-hybridized carbons (Fsp3) is 0.200. The van der Waals surface area contributed by atoms with Crippen LogP contribution in [0, 0.1) is 0 Å². The lowest BCUT2D eigenvalue weighted by molar-refractivity contribution is -0.117. The third kappa shape index (κ3) is 2.70. The predicted molar refractivity (Wildman–Crippen MR) is 66.9 cm³/mol. The van der Waals surface area contributed by atoms with Crippen molar-refractivity contribution in [2.45, 2.75) is 17.1 Å². The van der Waals surface area contributed by atoms with E-state index < -0.39 is 27.0 Å². The van der Waals surface area contributed by atoms with Crippen LogP contribution in [0.5, 0.6) is 0 Å². The van der Waals surface area contributed by atoms with Crippen molar-refractivity contribution in [3.05, 3.63) is 28.2 Å². The summed E-state index contributed by atoms with van der Waals surface area (Å²) in [5, 5.41) is 7.47. The van der Waals surface area contributed by atoms with E-state index in [1.54, 1.807) is 0 Å². The molecule has 0 spiro atoms. The topological polar surface area (TPSA) is 115 Å². The molecule has 18 heavy (non-hydrogen) atoms. The lowest BCUT2D eigenvalue weighted by Crippen LogP contribution is -2.33. The standard InChI is InChI=1S/C10H10BrNO5S/c1-5(9(12)13)18(16,17)6-2-3-8(11)7(4-6)10(14)15/h2-5H,1H3,(H2,12,13)(H,14,15). The maximum Gasteiger partial charge on any atom is 0.336 e. The van der Waals surface area contributed by atoms with Crippen LogP contribution in [0.4, 0.5) is 0 Å². The van der Waals surface area contributed by atoms with E-state index in [-0.39, 0.29) is 14.9 Å². The van der Waals surface area contributed by atoms with Gasteiger partial charge in [0.25, 0.3) is 0 Å². The predicted octanol–water partition coefficient (Wildman–Crippen LogP) is 0.795. The molecule has 0 saturated carbocycles. The molecule has 8 heteroatoms. The van der Waals surface area contributed by atoms with Crippen molar-refractivity contribution in [1.82, 2.24) is 0 Å². The number of carbonyl (C=O) groups is 2. The van der Waals surface area contributed by atoms with Crippen LogP contribution in [0.25, 0.3) is 0 Å². The number of hydrogen-bond donors (Lipinski definition) is 2. The monoisotopic (exact) mass is 335 g/mol. The highest BCUT2D eigenvalue weighted by Crippen LogP contribution is 2.23. The minimum atomic E-state index is -3.97. The molecule has 0 saturated heterocycles. The molecule has 0 aromatic heterocycles. The SMILES string of the molecule is CC(C(N)=O)S(=O)(=O)c1ccc(Br)c(C(=O)O)c1. The van der Waals surface area contributed by atoms with Crippen LogP contribution >= 0.6 is 15.9 Å². The second kappa shape index (κ2) is 5.07. The summed E-state index contributed by atoms with van der Waals surface area (Å²) >= 11 is 3.00. The van der Waals surface area contributed by atoms with Crippen molar-refractivity contribution >= 4 is 37.6 Å². The molecular weight excluding hydrogens is 326 g/mol. The molecule has 0 aliphatic heterocycles. The lowest BCUT2D eigenvalue weighted by Gasteiger charge is -2.10. The highest BCUT2D eigenvalue weighted by Gasteiger charge is 2.28. The Morgan fingerprint density at radius 3 is 2.39 bits per heavy atom. The van der Waals surface area contributed by atoms with Gasteiger partial charge in [0.2, 0.25) is 5.91 Å². The Labute approximate surface area is 112 Å². The zero-order valence-electron chi connectivity index (χ0n) is 9.25. The highest BCUT2D eigenvalue weighted by molar-refractivity contribution is 9.10. The number of aromatic carboxylic acids is 1. The number of primary amides is 1. The van der Waals surface area contributed by atoms with Crippen LogP contribution in [0.3, 0.4) is 0 Å². The summed E-state index contributed by atoms with van der Waals surface area (Å²) in [6, 6.07) is 3.50. The number of benzene rings is 1. The molecule has 1 aromatic rings. The van der Waals surface area contributed by atoms with Crippen molar-refractivity contribution in [2.75, 3.05) is 0 Å². The van der Waals surface area contributed by atoms with Crippen molar-refractivity contribution in [3.63, 3.8) is 0 Å². The van der Waals surface area contributed by atoms with Gasteiger partial charge in [0.05, 0.1) is 10.5 Å². The Morgan fingerprint density at radius 2 is 1.94 bits per heavy atom. The molecule has 1 amide bonds. The van der Waals surface area contributed by atoms with Gasteiger partial charge in [-0.25, -0.2) is 13.2 Å². The van der Waals surface area contributed by atoms with Gasteiger partial charge in [-0.3, -0.25) is 4.79 Å². The molecule has 1 atom stereocenters. The van der Waals surface area contributed by atoms with E-state index >= 15 is 0 Å². The number of rotatable bonds is 4. The highest BCUT2D eigenvalue weighted by atomic mass is 79.9. The number of halogens is 1. The van der Waals surface area contributed by atoms with Gasteiger partial charge < -0.3 is 10.8 Å². The Bertz CT molecular complexity index is 611. The molecule has 1 rings (SSSR count). The number of hydrogen-bond acceptors (Lipinski definition) is 4. The fourth-order valence-electron chi connectivity index (χ4n) is 1.20. The molecule has 0 fully saturated rings. The molecule has 1 aromatic carbocycles. The van der Waals surface area contributed by atoms with Crippen LogP contribution in [0.15, 0.2) is 27.6 Å². The molecular formula is C10H10BrNO5S. The number of amides is 1. The first-order valence-electron chi connectivity index (χ1n) is 4.74. The van der Waals surface area contributed by atoms with Crippen LogP contribution in [-0.2, 0) is 14.6 Å². The summed E-state index contributed by atoms with van der Waals surface area (Å²) in [7, 11) is -3.97. The number of nitrogens with two attached hydrogens (primary N) is 1. The van der Waals surface area contributed by atoms with E-state index in [0.29, 0.717) is 0 Å². The zero-order valence-corrected chi connectivity index (χ0v) is 11.7. The average molecular weight is 336 g/mol. The molecule has 0 bridgehead atoms. The van der Waals surface area contributed by atoms with Gasteiger partial charge in [0, 0.05) is 4.47 Å². The Balaban J connectivity index is 3.39. The quantitative estimate of drug-likeness (QED) is 0.844. The summed E-state index contributed by atoms with van der Waals surface area (Å²) in [6.45, 7) is 1.15. The van der Waals surface area contributed by atoms with Crippen LogP contribution < -0.4 is 5.73 Å². The average Bonchev–Trinajstić information content (AvgIpc) is 2.27. The summed E-state index contributed by atoms with van der Waals surface area (Å²) in [5.74, 6) is -2.26. The van der Waals surface area contributed by atoms with Gasteiger partial charge in [0.1, 0.15) is 5.25 Å². The van der Waals surface area contributed by atoms with E-state index in [1.807, 2.05) is 0 Å². The first-order valence-corrected chi connectivity index (χ1v) is 7.08. The molecule has 98 valence electrons. The van der Waals surface area contributed by atoms with Crippen LogP contribution in [0.2, 0.25) is 0 Å². The van der Waals surface area contributed by atoms with E-state index in [4.69, 9.17) is 10.8 Å². The molecule has 1 unspecified atom stereocenters. The molecule has 0 aliphatic carbocycles. The van der Waals surface area contributed by atoms with Gasteiger partial charge in [-0.05, 0) is 41.1 Å². The summed E-state index contributed by atoms with van der Waals surface area (Å²) in [4.78, 5) is 21.6. The first-order chi connectivity index (χ1) is 8.17. The van der Waals surface area contributed by atoms with E-state index in [0.717, 1.165) is 13.0 Å². The van der Waals surface area contributed by atoms with Crippen LogP contribution in [0.1, 0.15) is 17.3 Å². The maximum absolute atomic E-state index is 12.0. The Morgan fingerprint density at radius 1 is 1.39 bits per heavy atom. The summed E-state index contributed by atoms with van der Waals surface area (Å²) in [5.41, 5.74) is 4.74. The first kappa shape index (κ1) is 14.7. The Kier molecular flexibility index (Phi) is 4.12. The van der Waals surface area contributed by atoms with Gasteiger partial charge in [-0.15, -0.1) is 0 Å². The normalized spacial score (nSPS) is 13.0. The van der Waals surface area contributed by atoms with Gasteiger partial charge in [0.15, 0.2) is 9.84 Å². The van der Waals surface area contributed by atoms with E-state index in [2.05, 4.69) is 15.9 Å². The summed E-state index contributed by atoms with van der Waals surface area (Å²) < 4.78 is 24.2. The van der Waals surface area contributed by atoms with Crippen molar-refractivity contribution in [2.24, 2.45) is 5.73 Å². The van der Waals surface area contributed by atoms with Crippen molar-refractivity contribution < 1.29 is 23.1 Å². The number of sulfone groups is 1. The van der Waals surface area contributed by atoms with Gasteiger partial charge in [-0.2, -0.15) is 0 Å². The maximum atomic E-state index is 12.0. The minimum Gasteiger partial charge on any atom is -0.478 e. The third-order valence-corrected chi connectivity index (χ3v) is 5.13. The fourth-order valence-corrected chi connectivity index (χ4v) is 2.87. The molecule has 6 nitrogen and oxygen atoms in total. The largest absolute Gasteiger partial charge is 0.478 e. The van der Waals surface area contributed by atoms with Crippen molar-refractivity contribution in [1.29, 1.82) is 0 Å². The second-order valence-corrected chi connectivity index (χ2v) is 6.66. The summed E-state index contributed by atoms with van der Waals surface area (Å²) in [6.07, 6.45) is 0. The van der Waals surface area contributed by atoms with E-state index in [1.165, 1.54) is 12.1 Å². The van der Waals surface area contributed by atoms with Gasteiger partial charge >= 0.3 is 5.97 Å².